The van der Waals surface area contributed by atoms with Crippen LogP contribution in [0.1, 0.15) is 12.7 Å². The van der Waals surface area contributed by atoms with Gasteiger partial charge in [0.05, 0.1) is 11.6 Å². The van der Waals surface area contributed by atoms with Crippen LogP contribution in [0.15, 0.2) is 18.6 Å². The second kappa shape index (κ2) is 3.58. The van der Waals surface area contributed by atoms with E-state index in [0.29, 0.717) is 5.82 Å². The van der Waals surface area contributed by atoms with E-state index in [2.05, 4.69) is 25.1 Å². The van der Waals surface area contributed by atoms with Gasteiger partial charge < -0.3 is 10.7 Å². The van der Waals surface area contributed by atoms with Crippen LogP contribution >= 0.6 is 0 Å². The van der Waals surface area contributed by atoms with E-state index in [1.165, 1.54) is 0 Å². The molecule has 0 saturated heterocycles. The van der Waals surface area contributed by atoms with Crippen molar-refractivity contribution in [2.75, 3.05) is 5.73 Å². The van der Waals surface area contributed by atoms with Gasteiger partial charge in [-0.05, 0) is 0 Å². The van der Waals surface area contributed by atoms with Gasteiger partial charge in [-0.3, -0.25) is 5.10 Å². The average molecular weight is 228 g/mol. The molecule has 86 valence electrons. The molecule has 0 fully saturated rings. The summed E-state index contributed by atoms with van der Waals surface area (Å²) in [4.78, 5) is 11.8. The van der Waals surface area contributed by atoms with Crippen molar-refractivity contribution < 1.29 is 0 Å². The summed E-state index contributed by atoms with van der Waals surface area (Å²) in [5.41, 5.74) is 8.69. The molecule has 0 saturated carbocycles. The third-order valence-corrected chi connectivity index (χ3v) is 2.73. The van der Waals surface area contributed by atoms with E-state index in [0.717, 1.165) is 34.4 Å². The smallest absolute Gasteiger partial charge is 0.143 e. The maximum atomic E-state index is 5.98. The zero-order valence-electron chi connectivity index (χ0n) is 9.36. The number of nitrogens with zero attached hydrogens (tertiary/aromatic N) is 3. The first kappa shape index (κ1) is 9.83. The quantitative estimate of drug-likeness (QED) is 0.619. The largest absolute Gasteiger partial charge is 0.383 e. The number of H-pyrrole nitrogens is 2. The summed E-state index contributed by atoms with van der Waals surface area (Å²) in [6.45, 7) is 2.00. The van der Waals surface area contributed by atoms with Crippen LogP contribution in [-0.4, -0.2) is 25.1 Å². The number of aryl methyl sites for hydroxylation is 1. The van der Waals surface area contributed by atoms with E-state index in [1.807, 2.05) is 19.3 Å². The maximum absolute atomic E-state index is 5.98. The SMILES string of the molecule is CCc1nc(N)c2c(-c3cn[nH]c3)c[nH]c2n1. The van der Waals surface area contributed by atoms with Crippen molar-refractivity contribution in [2.24, 2.45) is 0 Å². The van der Waals surface area contributed by atoms with Gasteiger partial charge in [-0.1, -0.05) is 6.92 Å². The summed E-state index contributed by atoms with van der Waals surface area (Å²) < 4.78 is 0. The Kier molecular flexibility index (Phi) is 2.07. The van der Waals surface area contributed by atoms with E-state index in [-0.39, 0.29) is 0 Å². The lowest BCUT2D eigenvalue weighted by atomic mass is 10.1. The third kappa shape index (κ3) is 1.45. The fraction of sp³-hybridized carbons (Fsp3) is 0.182. The molecule has 6 nitrogen and oxygen atoms in total. The van der Waals surface area contributed by atoms with Crippen molar-refractivity contribution in [3.8, 4) is 11.1 Å². The standard InChI is InChI=1S/C11H12N6/c1-2-8-16-10(12)9-7(5-13-11(9)17-8)6-3-14-15-4-6/h3-5H,2H2,1H3,(H,14,15)(H3,12,13,16,17). The minimum atomic E-state index is 0.504. The Morgan fingerprint density at radius 3 is 2.88 bits per heavy atom. The molecule has 0 aliphatic heterocycles. The number of nitrogens with one attached hydrogen (secondary N) is 2. The van der Waals surface area contributed by atoms with Crippen LogP contribution in [0.5, 0.6) is 0 Å². The van der Waals surface area contributed by atoms with Crippen molar-refractivity contribution >= 4 is 16.9 Å². The molecule has 0 spiro atoms. The number of anilines is 1. The number of nitrogen functional groups attached to an aromatic ring is 1. The van der Waals surface area contributed by atoms with Gasteiger partial charge in [-0.2, -0.15) is 5.10 Å². The lowest BCUT2D eigenvalue weighted by Crippen LogP contribution is -1.99. The third-order valence-electron chi connectivity index (χ3n) is 2.73. The highest BCUT2D eigenvalue weighted by atomic mass is 15.1. The molecule has 0 bridgehead atoms. The normalized spacial score (nSPS) is 11.1. The van der Waals surface area contributed by atoms with Crippen molar-refractivity contribution in [3.05, 3.63) is 24.4 Å². The minimum Gasteiger partial charge on any atom is -0.383 e. The molecule has 0 unspecified atom stereocenters. The molecule has 6 heteroatoms. The van der Waals surface area contributed by atoms with Crippen LogP contribution in [0.3, 0.4) is 0 Å². The number of aromatic nitrogens is 5. The molecule has 0 aliphatic rings. The number of aromatic amines is 2. The zero-order chi connectivity index (χ0) is 11.8. The number of nitrogens with two attached hydrogens (primary N) is 1. The molecule has 17 heavy (non-hydrogen) atoms. The van der Waals surface area contributed by atoms with E-state index in [1.54, 1.807) is 6.20 Å². The lowest BCUT2D eigenvalue weighted by molar-refractivity contribution is 0.961. The topological polar surface area (TPSA) is 96.3 Å². The number of rotatable bonds is 2. The van der Waals surface area contributed by atoms with E-state index in [9.17, 15) is 0 Å². The van der Waals surface area contributed by atoms with Crippen LogP contribution in [0.4, 0.5) is 5.82 Å². The van der Waals surface area contributed by atoms with Gasteiger partial charge in [0.1, 0.15) is 17.3 Å². The molecular formula is C11H12N6. The number of hydrogen-bond donors (Lipinski definition) is 3. The molecular weight excluding hydrogens is 216 g/mol. The molecule has 3 rings (SSSR count). The monoisotopic (exact) mass is 228 g/mol. The van der Waals surface area contributed by atoms with Crippen LogP contribution in [0, 0.1) is 0 Å². The highest BCUT2D eigenvalue weighted by Crippen LogP contribution is 2.30. The van der Waals surface area contributed by atoms with Gasteiger partial charge in [0.2, 0.25) is 0 Å². The summed E-state index contributed by atoms with van der Waals surface area (Å²) in [7, 11) is 0. The summed E-state index contributed by atoms with van der Waals surface area (Å²) in [5, 5.41) is 7.56. The molecule has 0 amide bonds. The fourth-order valence-corrected chi connectivity index (χ4v) is 1.89. The van der Waals surface area contributed by atoms with Crippen LogP contribution in [-0.2, 0) is 6.42 Å². The van der Waals surface area contributed by atoms with Gasteiger partial charge in [0, 0.05) is 29.9 Å². The molecule has 0 aromatic carbocycles. The Bertz CT molecular complexity index is 652. The molecule has 3 heterocycles. The summed E-state index contributed by atoms with van der Waals surface area (Å²) in [6, 6.07) is 0. The van der Waals surface area contributed by atoms with Gasteiger partial charge in [0.15, 0.2) is 0 Å². The second-order valence-electron chi connectivity index (χ2n) is 3.79. The van der Waals surface area contributed by atoms with Crippen molar-refractivity contribution in [2.45, 2.75) is 13.3 Å². The molecule has 0 aliphatic carbocycles. The molecule has 3 aromatic rings. The van der Waals surface area contributed by atoms with E-state index < -0.39 is 0 Å². The van der Waals surface area contributed by atoms with Crippen LogP contribution < -0.4 is 5.73 Å². The minimum absolute atomic E-state index is 0.504. The first-order chi connectivity index (χ1) is 8.29. The lowest BCUT2D eigenvalue weighted by Gasteiger charge is -2.01. The van der Waals surface area contributed by atoms with Gasteiger partial charge in [0.25, 0.3) is 0 Å². The van der Waals surface area contributed by atoms with Crippen LogP contribution in [0.2, 0.25) is 0 Å². The molecule has 0 radical (unpaired) electrons. The Morgan fingerprint density at radius 2 is 2.18 bits per heavy atom. The predicted molar refractivity (Wildman–Crippen MR) is 65.3 cm³/mol. The highest BCUT2D eigenvalue weighted by molar-refractivity contribution is 5.99. The predicted octanol–water partition coefficient (Wildman–Crippen LogP) is 1.49. The highest BCUT2D eigenvalue weighted by Gasteiger charge is 2.12. The van der Waals surface area contributed by atoms with E-state index >= 15 is 0 Å². The number of hydrogen-bond acceptors (Lipinski definition) is 4. The van der Waals surface area contributed by atoms with Crippen molar-refractivity contribution in [1.29, 1.82) is 0 Å². The summed E-state index contributed by atoms with van der Waals surface area (Å²) in [5.74, 6) is 1.25. The Labute approximate surface area is 97.3 Å². The van der Waals surface area contributed by atoms with Crippen molar-refractivity contribution in [3.63, 3.8) is 0 Å². The van der Waals surface area contributed by atoms with Crippen LogP contribution in [0.25, 0.3) is 22.2 Å². The van der Waals surface area contributed by atoms with Gasteiger partial charge in [-0.15, -0.1) is 0 Å². The van der Waals surface area contributed by atoms with Gasteiger partial charge in [-0.25, -0.2) is 9.97 Å². The fourth-order valence-electron chi connectivity index (χ4n) is 1.89. The maximum Gasteiger partial charge on any atom is 0.143 e. The first-order valence-electron chi connectivity index (χ1n) is 5.42. The number of fused-ring (bicyclic) bond motifs is 1. The molecule has 4 N–H and O–H groups in total. The molecule has 3 aromatic heterocycles. The summed E-state index contributed by atoms with van der Waals surface area (Å²) in [6.07, 6.45) is 6.20. The molecule has 0 atom stereocenters. The van der Waals surface area contributed by atoms with Crippen molar-refractivity contribution in [1.82, 2.24) is 25.1 Å². The Hall–Kier alpha value is -2.37. The summed E-state index contributed by atoms with van der Waals surface area (Å²) >= 11 is 0. The first-order valence-corrected chi connectivity index (χ1v) is 5.42. The Morgan fingerprint density at radius 1 is 1.29 bits per heavy atom. The zero-order valence-corrected chi connectivity index (χ0v) is 9.36. The van der Waals surface area contributed by atoms with Gasteiger partial charge >= 0.3 is 0 Å². The second-order valence-corrected chi connectivity index (χ2v) is 3.79. The Balaban J connectivity index is 2.29. The average Bonchev–Trinajstić information content (AvgIpc) is 2.96. The van der Waals surface area contributed by atoms with E-state index in [4.69, 9.17) is 5.73 Å².